The minimum atomic E-state index is -0.0284. The van der Waals surface area contributed by atoms with E-state index in [-0.39, 0.29) is 16.6 Å². The highest BCUT2D eigenvalue weighted by atomic mass is 35.5. The van der Waals surface area contributed by atoms with Crippen molar-refractivity contribution in [3.05, 3.63) is 0 Å². The summed E-state index contributed by atoms with van der Waals surface area (Å²) in [6.45, 7) is 0. The first-order valence-corrected chi connectivity index (χ1v) is 7.17. The summed E-state index contributed by atoms with van der Waals surface area (Å²) in [4.78, 5) is 0. The lowest BCUT2D eigenvalue weighted by Gasteiger charge is -2.30. The van der Waals surface area contributed by atoms with Crippen molar-refractivity contribution in [3.8, 4) is 0 Å². The first kappa shape index (κ1) is 10.4. The highest BCUT2D eigenvalue weighted by Crippen LogP contribution is 2.67. The molecule has 6 unspecified atom stereocenters. The summed E-state index contributed by atoms with van der Waals surface area (Å²) in [6.07, 6.45) is 7.04. The fourth-order valence-electron chi connectivity index (χ4n) is 3.98. The quantitative estimate of drug-likeness (QED) is 0.537. The molecule has 6 atom stereocenters. The van der Waals surface area contributed by atoms with Crippen LogP contribution in [0, 0.1) is 0 Å². The molecule has 0 radical (unpaired) electrons. The Kier molecular flexibility index (Phi) is 2.01. The molecule has 0 amide bonds. The van der Waals surface area contributed by atoms with Crippen LogP contribution < -0.4 is 0 Å². The van der Waals surface area contributed by atoms with Crippen molar-refractivity contribution >= 4 is 23.2 Å². The van der Waals surface area contributed by atoms with E-state index in [4.69, 9.17) is 32.7 Å². The van der Waals surface area contributed by atoms with Crippen molar-refractivity contribution < 1.29 is 9.47 Å². The van der Waals surface area contributed by atoms with E-state index in [0.29, 0.717) is 17.6 Å². The number of ether oxygens (including phenoxy) is 2. The molecule has 4 aliphatic rings. The largest absolute Gasteiger partial charge is 0.363 e. The molecule has 2 saturated heterocycles. The molecule has 0 N–H and O–H groups in total. The van der Waals surface area contributed by atoms with Gasteiger partial charge in [-0.15, -0.1) is 23.2 Å². The molecule has 0 aromatic carbocycles. The van der Waals surface area contributed by atoms with E-state index in [1.807, 2.05) is 0 Å². The third-order valence-corrected chi connectivity index (χ3v) is 5.68. The molecule has 90 valence electrons. The molecule has 2 aliphatic carbocycles. The predicted molar refractivity (Wildman–Crippen MR) is 62.2 cm³/mol. The highest BCUT2D eigenvalue weighted by Gasteiger charge is 2.80. The average molecular weight is 263 g/mol. The van der Waals surface area contributed by atoms with Crippen molar-refractivity contribution in [1.82, 2.24) is 0 Å². The van der Waals surface area contributed by atoms with Crippen LogP contribution in [0.1, 0.15) is 38.5 Å². The van der Waals surface area contributed by atoms with Gasteiger partial charge >= 0.3 is 0 Å². The van der Waals surface area contributed by atoms with Gasteiger partial charge in [0.05, 0.1) is 12.2 Å². The summed E-state index contributed by atoms with van der Waals surface area (Å²) in [6, 6.07) is 0. The van der Waals surface area contributed by atoms with Gasteiger partial charge in [-0.1, -0.05) is 0 Å². The van der Waals surface area contributed by atoms with Gasteiger partial charge in [0.25, 0.3) is 0 Å². The third-order valence-electron chi connectivity index (χ3n) is 4.91. The lowest BCUT2D eigenvalue weighted by atomic mass is 9.72. The molecule has 16 heavy (non-hydrogen) atoms. The summed E-state index contributed by atoms with van der Waals surface area (Å²) in [7, 11) is 0. The number of hydrogen-bond acceptors (Lipinski definition) is 2. The van der Waals surface area contributed by atoms with E-state index in [0.717, 1.165) is 38.5 Å². The van der Waals surface area contributed by atoms with Crippen LogP contribution >= 0.6 is 23.2 Å². The number of fused-ring (bicyclic) bond motifs is 3. The average Bonchev–Trinajstić information content (AvgIpc) is 3.08. The predicted octanol–water partition coefficient (Wildman–Crippen LogP) is 2.84. The molecule has 4 rings (SSSR count). The van der Waals surface area contributed by atoms with E-state index >= 15 is 0 Å². The van der Waals surface area contributed by atoms with Crippen LogP contribution in [-0.4, -0.2) is 34.2 Å². The van der Waals surface area contributed by atoms with Crippen LogP contribution in [0.5, 0.6) is 0 Å². The summed E-state index contributed by atoms with van der Waals surface area (Å²) in [5.41, 5.74) is -0.0318. The number of alkyl halides is 2. The van der Waals surface area contributed by atoms with Crippen molar-refractivity contribution in [2.75, 3.05) is 0 Å². The third kappa shape index (κ3) is 1.17. The maximum atomic E-state index is 6.29. The van der Waals surface area contributed by atoms with Gasteiger partial charge < -0.3 is 9.47 Å². The molecule has 0 spiro atoms. The zero-order valence-electron chi connectivity index (χ0n) is 9.12. The molecule has 2 aliphatic heterocycles. The fourth-order valence-corrected chi connectivity index (χ4v) is 4.61. The van der Waals surface area contributed by atoms with Crippen LogP contribution in [-0.2, 0) is 9.47 Å². The Hall–Kier alpha value is 0.500. The standard InChI is InChI=1S/C12H16Cl2O2/c13-7-3-4-11(10(5-7)16-11)12-6-8(14)1-2-9(12)15-12/h7-10H,1-6H2. The maximum absolute atomic E-state index is 6.29. The van der Waals surface area contributed by atoms with Crippen LogP contribution in [0.15, 0.2) is 0 Å². The Bertz CT molecular complexity index is 337. The van der Waals surface area contributed by atoms with Crippen LogP contribution in [0.25, 0.3) is 0 Å². The van der Waals surface area contributed by atoms with Gasteiger partial charge in [-0.2, -0.15) is 0 Å². The molecule has 2 nitrogen and oxygen atoms in total. The summed E-state index contributed by atoms with van der Waals surface area (Å²) >= 11 is 12.5. The lowest BCUT2D eigenvalue weighted by Crippen LogP contribution is -2.44. The van der Waals surface area contributed by atoms with Crippen LogP contribution in [0.4, 0.5) is 0 Å². The van der Waals surface area contributed by atoms with Crippen molar-refractivity contribution in [2.45, 2.75) is 72.7 Å². The van der Waals surface area contributed by atoms with Gasteiger partial charge in [0.15, 0.2) is 0 Å². The maximum Gasteiger partial charge on any atom is 0.128 e. The summed E-state index contributed by atoms with van der Waals surface area (Å²) < 4.78 is 12.0. The van der Waals surface area contributed by atoms with Gasteiger partial charge in [-0.3, -0.25) is 0 Å². The van der Waals surface area contributed by atoms with Crippen molar-refractivity contribution in [2.24, 2.45) is 0 Å². The second-order valence-corrected chi connectivity index (χ2v) is 6.98. The van der Waals surface area contributed by atoms with E-state index in [9.17, 15) is 0 Å². The zero-order chi connectivity index (χ0) is 11.0. The van der Waals surface area contributed by atoms with Gasteiger partial charge in [0, 0.05) is 10.8 Å². The molecule has 0 aromatic heterocycles. The number of hydrogen-bond donors (Lipinski definition) is 0. The minimum absolute atomic E-state index is 0.00336. The van der Waals surface area contributed by atoms with E-state index in [1.54, 1.807) is 0 Å². The second kappa shape index (κ2) is 3.09. The van der Waals surface area contributed by atoms with Gasteiger partial charge in [-0.05, 0) is 38.5 Å². The first-order valence-electron chi connectivity index (χ1n) is 6.30. The molecule has 2 saturated carbocycles. The van der Waals surface area contributed by atoms with Gasteiger partial charge in [0.2, 0.25) is 0 Å². The molecule has 4 heteroatoms. The van der Waals surface area contributed by atoms with Crippen molar-refractivity contribution in [3.63, 3.8) is 0 Å². The van der Waals surface area contributed by atoms with Gasteiger partial charge in [0.1, 0.15) is 11.2 Å². The molecular weight excluding hydrogens is 247 g/mol. The fraction of sp³-hybridized carbons (Fsp3) is 1.00. The number of rotatable bonds is 1. The van der Waals surface area contributed by atoms with Gasteiger partial charge in [-0.25, -0.2) is 0 Å². The Morgan fingerprint density at radius 1 is 0.875 bits per heavy atom. The van der Waals surface area contributed by atoms with E-state index in [2.05, 4.69) is 0 Å². The van der Waals surface area contributed by atoms with Crippen LogP contribution in [0.2, 0.25) is 0 Å². The Morgan fingerprint density at radius 2 is 1.69 bits per heavy atom. The Labute approximate surface area is 106 Å². The Balaban J connectivity index is 1.59. The molecule has 4 fully saturated rings. The normalized spacial score (nSPS) is 63.4. The molecule has 0 aromatic rings. The van der Waals surface area contributed by atoms with Crippen molar-refractivity contribution in [1.29, 1.82) is 0 Å². The minimum Gasteiger partial charge on any atom is -0.363 e. The number of epoxide rings is 2. The first-order chi connectivity index (χ1) is 7.66. The monoisotopic (exact) mass is 262 g/mol. The number of halogens is 2. The molecule has 2 heterocycles. The van der Waals surface area contributed by atoms with E-state index < -0.39 is 0 Å². The van der Waals surface area contributed by atoms with Crippen LogP contribution in [0.3, 0.4) is 0 Å². The smallest absolute Gasteiger partial charge is 0.128 e. The summed E-state index contributed by atoms with van der Waals surface area (Å²) in [5.74, 6) is 0. The van der Waals surface area contributed by atoms with E-state index in [1.165, 1.54) is 0 Å². The lowest BCUT2D eigenvalue weighted by molar-refractivity contribution is 0.136. The highest BCUT2D eigenvalue weighted by molar-refractivity contribution is 6.21. The Morgan fingerprint density at radius 3 is 2.50 bits per heavy atom. The SMILES string of the molecule is ClC1CCC2(C34CC(Cl)CCC3O4)OC2C1. The topological polar surface area (TPSA) is 25.1 Å². The zero-order valence-corrected chi connectivity index (χ0v) is 10.6. The molecule has 0 bridgehead atoms. The summed E-state index contributed by atoms with van der Waals surface area (Å²) in [5, 5.41) is 0.566. The molecular formula is C12H16Cl2O2. The second-order valence-electron chi connectivity index (χ2n) is 5.74.